The normalized spacial score (nSPS) is 9.93. The Morgan fingerprint density at radius 2 is 2.27 bits per heavy atom. The molecule has 1 aromatic rings. The molecule has 3 N–H and O–H groups in total. The Hall–Kier alpha value is -1.71. The summed E-state index contributed by atoms with van der Waals surface area (Å²) in [5, 5.41) is 9.19. The van der Waals surface area contributed by atoms with Crippen molar-refractivity contribution in [1.29, 1.82) is 0 Å². The van der Waals surface area contributed by atoms with E-state index in [2.05, 4.69) is 0 Å². The highest BCUT2D eigenvalue weighted by Crippen LogP contribution is 2.21. The first-order valence-corrected chi connectivity index (χ1v) is 4.86. The Balaban J connectivity index is 2.51. The molecule has 1 aromatic carbocycles. The second-order valence-electron chi connectivity index (χ2n) is 3.20. The van der Waals surface area contributed by atoms with Gasteiger partial charge in [0.05, 0.1) is 12.3 Å². The van der Waals surface area contributed by atoms with Crippen LogP contribution in [0.25, 0.3) is 0 Å². The number of hydrogen-bond acceptors (Lipinski definition) is 4. The zero-order chi connectivity index (χ0) is 11.3. The number of anilines is 1. The van der Waals surface area contributed by atoms with E-state index in [1.807, 2.05) is 0 Å². The van der Waals surface area contributed by atoms with E-state index in [0.29, 0.717) is 25.1 Å². The lowest BCUT2D eigenvalue weighted by molar-refractivity contribution is -0.143. The maximum Gasteiger partial charge on any atom is 0.306 e. The third-order valence-corrected chi connectivity index (χ3v) is 2.02. The Kier molecular flexibility index (Phi) is 3.97. The molecule has 0 radical (unpaired) electrons. The van der Waals surface area contributed by atoms with E-state index in [-0.39, 0.29) is 11.7 Å². The van der Waals surface area contributed by atoms with E-state index in [9.17, 15) is 9.90 Å². The molecule has 0 spiro atoms. The summed E-state index contributed by atoms with van der Waals surface area (Å²) in [4.78, 5) is 11.1. The fraction of sp³-hybridized carbons (Fsp3) is 0.364. The summed E-state index contributed by atoms with van der Waals surface area (Å²) in [6.07, 6.45) is 0.904. The summed E-state index contributed by atoms with van der Waals surface area (Å²) < 4.78 is 4.80. The number of rotatable bonds is 4. The first-order chi connectivity index (χ1) is 7.13. The van der Waals surface area contributed by atoms with Gasteiger partial charge >= 0.3 is 5.97 Å². The van der Waals surface area contributed by atoms with Crippen LogP contribution in [0.2, 0.25) is 0 Å². The van der Waals surface area contributed by atoms with Gasteiger partial charge in [-0.25, -0.2) is 0 Å². The molecule has 0 fully saturated rings. The fourth-order valence-corrected chi connectivity index (χ4v) is 1.24. The molecule has 0 saturated carbocycles. The van der Waals surface area contributed by atoms with Crippen molar-refractivity contribution in [2.75, 3.05) is 12.3 Å². The largest absolute Gasteiger partial charge is 0.506 e. The topological polar surface area (TPSA) is 72.5 Å². The lowest BCUT2D eigenvalue weighted by Gasteiger charge is -2.04. The molecule has 1 rings (SSSR count). The predicted octanol–water partition coefficient (Wildman–Crippen LogP) is 1.47. The van der Waals surface area contributed by atoms with Gasteiger partial charge in [0.15, 0.2) is 0 Å². The summed E-state index contributed by atoms with van der Waals surface area (Å²) in [6.45, 7) is 2.17. The minimum absolute atomic E-state index is 0.0647. The molecule has 0 atom stereocenters. The Morgan fingerprint density at radius 1 is 1.53 bits per heavy atom. The second-order valence-corrected chi connectivity index (χ2v) is 3.20. The van der Waals surface area contributed by atoms with Crippen molar-refractivity contribution in [1.82, 2.24) is 0 Å². The summed E-state index contributed by atoms with van der Waals surface area (Å²) in [5.74, 6) is -0.154. The second kappa shape index (κ2) is 5.24. The first-order valence-electron chi connectivity index (χ1n) is 4.86. The molecule has 15 heavy (non-hydrogen) atoms. The lowest BCUT2D eigenvalue weighted by Crippen LogP contribution is -2.05. The lowest BCUT2D eigenvalue weighted by atomic mass is 10.1. The van der Waals surface area contributed by atoms with Crippen molar-refractivity contribution in [2.24, 2.45) is 0 Å². The van der Waals surface area contributed by atoms with Gasteiger partial charge in [-0.1, -0.05) is 6.07 Å². The van der Waals surface area contributed by atoms with E-state index < -0.39 is 0 Å². The monoisotopic (exact) mass is 209 g/mol. The minimum Gasteiger partial charge on any atom is -0.506 e. The Labute approximate surface area is 88.7 Å². The number of aryl methyl sites for hydroxylation is 1. The van der Waals surface area contributed by atoms with Gasteiger partial charge in [-0.3, -0.25) is 4.79 Å². The highest BCUT2D eigenvalue weighted by Gasteiger charge is 2.04. The van der Waals surface area contributed by atoms with E-state index in [4.69, 9.17) is 10.5 Å². The minimum atomic E-state index is -0.218. The van der Waals surface area contributed by atoms with Crippen LogP contribution in [0.4, 0.5) is 5.69 Å². The fourth-order valence-electron chi connectivity index (χ4n) is 1.24. The summed E-state index contributed by atoms with van der Waals surface area (Å²) in [6, 6.07) is 4.93. The van der Waals surface area contributed by atoms with Crippen LogP contribution in [0, 0.1) is 0 Å². The Bertz CT molecular complexity index is 350. The molecule has 0 aromatic heterocycles. The standard InChI is InChI=1S/C11H15NO3/c1-2-15-11(14)6-4-8-3-5-10(13)9(12)7-8/h3,5,7,13H,2,4,6,12H2,1H3. The van der Waals surface area contributed by atoms with Crippen LogP contribution in [-0.2, 0) is 16.0 Å². The molecule has 82 valence electrons. The van der Waals surface area contributed by atoms with Crippen molar-refractivity contribution in [3.63, 3.8) is 0 Å². The summed E-state index contributed by atoms with van der Waals surface area (Å²) in [5.41, 5.74) is 6.76. The van der Waals surface area contributed by atoms with E-state index in [0.717, 1.165) is 5.56 Å². The van der Waals surface area contributed by atoms with Crippen LogP contribution in [0.1, 0.15) is 18.9 Å². The maximum atomic E-state index is 11.1. The first kappa shape index (κ1) is 11.4. The van der Waals surface area contributed by atoms with Gasteiger partial charge in [0, 0.05) is 6.42 Å². The SMILES string of the molecule is CCOC(=O)CCc1ccc(O)c(N)c1. The van der Waals surface area contributed by atoms with Gasteiger partial charge in [0.1, 0.15) is 5.75 Å². The number of carbonyl (C=O) groups excluding carboxylic acids is 1. The van der Waals surface area contributed by atoms with Gasteiger partial charge < -0.3 is 15.6 Å². The van der Waals surface area contributed by atoms with Crippen molar-refractivity contribution in [3.8, 4) is 5.75 Å². The van der Waals surface area contributed by atoms with Gasteiger partial charge in [-0.2, -0.15) is 0 Å². The van der Waals surface area contributed by atoms with Crippen molar-refractivity contribution >= 4 is 11.7 Å². The van der Waals surface area contributed by atoms with Crippen molar-refractivity contribution < 1.29 is 14.6 Å². The average Bonchev–Trinajstić information content (AvgIpc) is 2.20. The number of nitrogen functional groups attached to an aromatic ring is 1. The average molecular weight is 209 g/mol. The molecule has 0 unspecified atom stereocenters. The van der Waals surface area contributed by atoms with E-state index in [1.54, 1.807) is 19.1 Å². The van der Waals surface area contributed by atoms with Gasteiger partial charge in [-0.05, 0) is 31.0 Å². The highest BCUT2D eigenvalue weighted by atomic mass is 16.5. The van der Waals surface area contributed by atoms with Crippen molar-refractivity contribution in [2.45, 2.75) is 19.8 Å². The summed E-state index contributed by atoms with van der Waals surface area (Å²) in [7, 11) is 0. The maximum absolute atomic E-state index is 11.1. The molecular formula is C11H15NO3. The number of hydrogen-bond donors (Lipinski definition) is 2. The molecule has 0 aliphatic carbocycles. The number of phenolic OH excluding ortho intramolecular Hbond substituents is 1. The number of nitrogens with two attached hydrogens (primary N) is 1. The van der Waals surface area contributed by atoms with Gasteiger partial charge in [-0.15, -0.1) is 0 Å². The third-order valence-electron chi connectivity index (χ3n) is 2.02. The number of esters is 1. The van der Waals surface area contributed by atoms with Crippen LogP contribution < -0.4 is 5.73 Å². The van der Waals surface area contributed by atoms with Crippen LogP contribution in [0.3, 0.4) is 0 Å². The third kappa shape index (κ3) is 3.50. The van der Waals surface area contributed by atoms with Crippen LogP contribution in [-0.4, -0.2) is 17.7 Å². The molecule has 4 nitrogen and oxygen atoms in total. The molecule has 0 heterocycles. The molecule has 0 aliphatic rings. The predicted molar refractivity (Wildman–Crippen MR) is 57.5 cm³/mol. The zero-order valence-electron chi connectivity index (χ0n) is 8.69. The summed E-state index contributed by atoms with van der Waals surface area (Å²) >= 11 is 0. The molecule has 0 bridgehead atoms. The van der Waals surface area contributed by atoms with Crippen LogP contribution in [0.15, 0.2) is 18.2 Å². The number of phenols is 1. The molecule has 0 aliphatic heterocycles. The van der Waals surface area contributed by atoms with Crippen LogP contribution in [0.5, 0.6) is 5.75 Å². The van der Waals surface area contributed by atoms with Gasteiger partial charge in [0.25, 0.3) is 0 Å². The molecule has 0 saturated heterocycles. The molecule has 4 heteroatoms. The number of benzene rings is 1. The quantitative estimate of drug-likeness (QED) is 0.447. The number of ether oxygens (including phenoxy) is 1. The van der Waals surface area contributed by atoms with E-state index in [1.165, 1.54) is 6.07 Å². The van der Waals surface area contributed by atoms with Gasteiger partial charge in [0.2, 0.25) is 0 Å². The molecular weight excluding hydrogens is 194 g/mol. The zero-order valence-corrected chi connectivity index (χ0v) is 8.69. The smallest absolute Gasteiger partial charge is 0.306 e. The van der Waals surface area contributed by atoms with E-state index >= 15 is 0 Å². The van der Waals surface area contributed by atoms with Crippen molar-refractivity contribution in [3.05, 3.63) is 23.8 Å². The number of carbonyl (C=O) groups is 1. The number of aromatic hydroxyl groups is 1. The Morgan fingerprint density at radius 3 is 2.87 bits per heavy atom. The van der Waals surface area contributed by atoms with Crippen LogP contribution >= 0.6 is 0 Å². The highest BCUT2D eigenvalue weighted by molar-refractivity contribution is 5.69. The molecule has 0 amide bonds.